The van der Waals surface area contributed by atoms with Crippen molar-refractivity contribution in [2.24, 2.45) is 5.10 Å². The fourth-order valence-corrected chi connectivity index (χ4v) is 0.902. The second kappa shape index (κ2) is 2.57. The summed E-state index contributed by atoms with van der Waals surface area (Å²) in [6.07, 6.45) is 0. The highest BCUT2D eigenvalue weighted by atomic mass is 35.5. The maximum absolute atomic E-state index is 11.9. The standard InChI is InChI=1S/C4H6ClF2N3/c1-3-8-10(5)2-9(3)4(6)7/h4H,2H2,1H3. The summed E-state index contributed by atoms with van der Waals surface area (Å²) in [5.74, 6) is 0.241. The van der Waals surface area contributed by atoms with E-state index >= 15 is 0 Å². The van der Waals surface area contributed by atoms with Gasteiger partial charge in [0.1, 0.15) is 12.5 Å². The molecule has 0 unspecified atom stereocenters. The number of hydrogen-bond donors (Lipinski definition) is 0. The first-order valence-corrected chi connectivity index (χ1v) is 2.98. The van der Waals surface area contributed by atoms with Crippen LogP contribution in [0.5, 0.6) is 0 Å². The number of halogens is 3. The maximum atomic E-state index is 11.9. The molecule has 0 bridgehead atoms. The molecule has 0 aliphatic carbocycles. The van der Waals surface area contributed by atoms with Gasteiger partial charge in [0.15, 0.2) is 0 Å². The normalized spacial score (nSPS) is 18.7. The van der Waals surface area contributed by atoms with E-state index < -0.39 is 6.55 Å². The van der Waals surface area contributed by atoms with E-state index in [9.17, 15) is 8.78 Å². The number of nitrogens with zero attached hydrogens (tertiary/aromatic N) is 3. The first-order valence-electron chi connectivity index (χ1n) is 2.64. The van der Waals surface area contributed by atoms with Crippen LogP contribution >= 0.6 is 11.8 Å². The van der Waals surface area contributed by atoms with E-state index in [2.05, 4.69) is 5.10 Å². The van der Waals surface area contributed by atoms with Crippen LogP contribution in [-0.4, -0.2) is 28.5 Å². The Morgan fingerprint density at radius 2 is 2.30 bits per heavy atom. The molecular formula is C4H6ClF2N3. The van der Waals surface area contributed by atoms with Crippen molar-refractivity contribution in [3.8, 4) is 0 Å². The largest absolute Gasteiger partial charge is 0.317 e. The van der Waals surface area contributed by atoms with Crippen molar-refractivity contribution < 1.29 is 8.78 Å². The summed E-state index contributed by atoms with van der Waals surface area (Å²) in [5, 5.41) is 3.55. The van der Waals surface area contributed by atoms with Crippen molar-refractivity contribution in [2.45, 2.75) is 13.5 Å². The van der Waals surface area contributed by atoms with E-state index in [4.69, 9.17) is 11.8 Å². The summed E-state index contributed by atoms with van der Waals surface area (Å²) < 4.78 is 24.8. The fourth-order valence-electron chi connectivity index (χ4n) is 0.677. The molecule has 0 spiro atoms. The highest BCUT2D eigenvalue weighted by molar-refractivity contribution is 6.14. The molecule has 1 aliphatic heterocycles. The Kier molecular flexibility index (Phi) is 1.94. The molecule has 0 aromatic rings. The molecule has 0 N–H and O–H groups in total. The van der Waals surface area contributed by atoms with Crippen LogP contribution in [0.3, 0.4) is 0 Å². The molecule has 3 nitrogen and oxygen atoms in total. The van der Waals surface area contributed by atoms with Crippen molar-refractivity contribution in [1.82, 2.24) is 9.43 Å². The predicted octanol–water partition coefficient (Wildman–Crippen LogP) is 1.27. The van der Waals surface area contributed by atoms with Gasteiger partial charge in [-0.1, -0.05) is 0 Å². The molecule has 58 valence electrons. The van der Waals surface area contributed by atoms with Gasteiger partial charge in [-0.05, 0) is 6.92 Å². The second-order valence-corrected chi connectivity index (χ2v) is 2.26. The van der Waals surface area contributed by atoms with Crippen molar-refractivity contribution in [1.29, 1.82) is 0 Å². The molecule has 10 heavy (non-hydrogen) atoms. The zero-order valence-electron chi connectivity index (χ0n) is 5.26. The van der Waals surface area contributed by atoms with Crippen LogP contribution in [0.2, 0.25) is 0 Å². The van der Waals surface area contributed by atoms with Crippen LogP contribution < -0.4 is 0 Å². The predicted molar refractivity (Wildman–Crippen MR) is 33.5 cm³/mol. The van der Waals surface area contributed by atoms with Gasteiger partial charge in [0.25, 0.3) is 0 Å². The molecule has 0 atom stereocenters. The van der Waals surface area contributed by atoms with Crippen LogP contribution in [0.25, 0.3) is 0 Å². The average molecular weight is 170 g/mol. The second-order valence-electron chi connectivity index (χ2n) is 1.87. The van der Waals surface area contributed by atoms with Crippen molar-refractivity contribution in [3.63, 3.8) is 0 Å². The van der Waals surface area contributed by atoms with Crippen LogP contribution in [0, 0.1) is 0 Å². The van der Waals surface area contributed by atoms with E-state index in [1.165, 1.54) is 6.92 Å². The monoisotopic (exact) mass is 169 g/mol. The average Bonchev–Trinajstić information content (AvgIpc) is 2.10. The van der Waals surface area contributed by atoms with Crippen LogP contribution in [0.4, 0.5) is 8.78 Å². The van der Waals surface area contributed by atoms with E-state index in [0.29, 0.717) is 0 Å². The number of alkyl halides is 2. The highest BCUT2D eigenvalue weighted by Gasteiger charge is 2.25. The van der Waals surface area contributed by atoms with Gasteiger partial charge in [-0.25, -0.2) is 0 Å². The van der Waals surface area contributed by atoms with Gasteiger partial charge in [-0.15, -0.1) is 5.10 Å². The Hall–Kier alpha value is -0.580. The zero-order valence-corrected chi connectivity index (χ0v) is 6.02. The summed E-state index contributed by atoms with van der Waals surface area (Å²) in [5.41, 5.74) is 0. The molecule has 0 fully saturated rings. The lowest BCUT2D eigenvalue weighted by atomic mass is 10.6. The minimum Gasteiger partial charge on any atom is -0.281 e. The lowest BCUT2D eigenvalue weighted by molar-refractivity contribution is 0.0158. The molecule has 1 aliphatic rings. The molecule has 0 radical (unpaired) electrons. The summed E-state index contributed by atoms with van der Waals surface area (Å²) in [4.78, 5) is 0.799. The number of rotatable bonds is 1. The van der Waals surface area contributed by atoms with Gasteiger partial charge in [0, 0.05) is 11.8 Å². The summed E-state index contributed by atoms with van der Waals surface area (Å²) in [7, 11) is 0. The van der Waals surface area contributed by atoms with Gasteiger partial charge >= 0.3 is 6.55 Å². The third-order valence-corrected chi connectivity index (χ3v) is 1.36. The molecule has 0 saturated carbocycles. The number of hydrogen-bond acceptors (Lipinski definition) is 3. The van der Waals surface area contributed by atoms with Crippen LogP contribution in [0.15, 0.2) is 5.10 Å². The fraction of sp³-hybridized carbons (Fsp3) is 0.750. The minimum absolute atomic E-state index is 0.0505. The Morgan fingerprint density at radius 1 is 1.70 bits per heavy atom. The van der Waals surface area contributed by atoms with Gasteiger partial charge in [0.2, 0.25) is 0 Å². The zero-order chi connectivity index (χ0) is 7.72. The Labute approximate surface area is 62.0 Å². The Morgan fingerprint density at radius 3 is 2.50 bits per heavy atom. The molecule has 0 saturated heterocycles. The Bertz CT molecular complexity index is 161. The van der Waals surface area contributed by atoms with Crippen molar-refractivity contribution >= 4 is 17.6 Å². The number of hydrazone groups is 1. The van der Waals surface area contributed by atoms with Gasteiger partial charge < -0.3 is 0 Å². The van der Waals surface area contributed by atoms with E-state index in [1.54, 1.807) is 0 Å². The first-order chi connectivity index (χ1) is 4.61. The third kappa shape index (κ3) is 1.29. The lowest BCUT2D eigenvalue weighted by Gasteiger charge is -2.15. The quantitative estimate of drug-likeness (QED) is 0.435. The van der Waals surface area contributed by atoms with Crippen molar-refractivity contribution in [2.75, 3.05) is 6.67 Å². The highest BCUT2D eigenvalue weighted by Crippen LogP contribution is 2.14. The van der Waals surface area contributed by atoms with E-state index in [-0.39, 0.29) is 12.5 Å². The van der Waals surface area contributed by atoms with Gasteiger partial charge in [-0.2, -0.15) is 13.3 Å². The molecule has 0 aromatic carbocycles. The van der Waals surface area contributed by atoms with Crippen LogP contribution in [0.1, 0.15) is 6.92 Å². The topological polar surface area (TPSA) is 18.8 Å². The molecule has 6 heteroatoms. The van der Waals surface area contributed by atoms with Gasteiger partial charge in [0.05, 0.1) is 0 Å². The molecular weight excluding hydrogens is 164 g/mol. The minimum atomic E-state index is -2.52. The van der Waals surface area contributed by atoms with Crippen LogP contribution in [-0.2, 0) is 0 Å². The maximum Gasteiger partial charge on any atom is 0.317 e. The molecule has 1 heterocycles. The molecule has 0 amide bonds. The SMILES string of the molecule is CC1=NN(Cl)CN1C(F)F. The first kappa shape index (κ1) is 7.53. The number of amidine groups is 1. The molecule has 0 aromatic heterocycles. The van der Waals surface area contributed by atoms with E-state index in [1.807, 2.05) is 0 Å². The smallest absolute Gasteiger partial charge is 0.281 e. The summed E-state index contributed by atoms with van der Waals surface area (Å²) in [6, 6.07) is 0. The van der Waals surface area contributed by atoms with Crippen molar-refractivity contribution in [3.05, 3.63) is 0 Å². The van der Waals surface area contributed by atoms with Gasteiger partial charge in [-0.3, -0.25) is 4.90 Å². The lowest BCUT2D eigenvalue weighted by Crippen LogP contribution is -2.32. The molecule has 1 rings (SSSR count). The summed E-state index contributed by atoms with van der Waals surface area (Å²) in [6.45, 7) is -1.09. The van der Waals surface area contributed by atoms with E-state index in [0.717, 1.165) is 9.43 Å². The third-order valence-electron chi connectivity index (χ3n) is 1.17. The summed E-state index contributed by atoms with van der Waals surface area (Å²) >= 11 is 5.32. The Balaban J connectivity index is 2.59.